The normalized spacial score (nSPS) is 14.9. The molecule has 0 radical (unpaired) electrons. The van der Waals surface area contributed by atoms with Crippen LogP contribution < -0.4 is 5.32 Å². The number of nitrogens with one attached hydrogen (secondary N) is 1. The first kappa shape index (κ1) is 12.4. The van der Waals surface area contributed by atoms with Crippen molar-refractivity contribution in [3.63, 3.8) is 0 Å². The minimum Gasteiger partial charge on any atom is -0.378 e. The van der Waals surface area contributed by atoms with Crippen molar-refractivity contribution in [2.75, 3.05) is 13.2 Å². The molecule has 0 amide bonds. The van der Waals surface area contributed by atoms with Gasteiger partial charge < -0.3 is 10.1 Å². The van der Waals surface area contributed by atoms with Gasteiger partial charge in [-0.25, -0.2) is 0 Å². The van der Waals surface area contributed by atoms with Crippen LogP contribution in [0.25, 0.3) is 0 Å². The van der Waals surface area contributed by atoms with Gasteiger partial charge in [-0.3, -0.25) is 0 Å². The topological polar surface area (TPSA) is 45.0 Å². The summed E-state index contributed by atoms with van der Waals surface area (Å²) in [6.45, 7) is 7.65. The van der Waals surface area contributed by atoms with Crippen LogP contribution in [0.15, 0.2) is 0 Å². The molecule has 2 unspecified atom stereocenters. The summed E-state index contributed by atoms with van der Waals surface area (Å²) in [5.74, 6) is 0. The maximum absolute atomic E-state index is 8.71. The molecule has 0 saturated heterocycles. The lowest BCUT2D eigenvalue weighted by Crippen LogP contribution is -2.29. The Morgan fingerprint density at radius 1 is 1.46 bits per heavy atom. The number of nitrogens with zero attached hydrogens (tertiary/aromatic N) is 1. The van der Waals surface area contributed by atoms with Gasteiger partial charge in [0.1, 0.15) is 0 Å². The number of rotatable bonds is 7. The fourth-order valence-electron chi connectivity index (χ4n) is 0.964. The van der Waals surface area contributed by atoms with Crippen molar-refractivity contribution < 1.29 is 4.74 Å². The van der Waals surface area contributed by atoms with Crippen molar-refractivity contribution in [2.45, 2.75) is 45.8 Å². The summed E-state index contributed by atoms with van der Waals surface area (Å²) < 4.78 is 5.48. The van der Waals surface area contributed by atoms with Gasteiger partial charge in [-0.05, 0) is 26.3 Å². The lowest BCUT2D eigenvalue weighted by Gasteiger charge is -2.13. The number of ether oxygens (including phenoxy) is 1. The van der Waals surface area contributed by atoms with Crippen molar-refractivity contribution in [1.82, 2.24) is 5.32 Å². The predicted molar refractivity (Wildman–Crippen MR) is 53.4 cm³/mol. The summed E-state index contributed by atoms with van der Waals surface area (Å²) in [5, 5.41) is 11.8. The summed E-state index contributed by atoms with van der Waals surface area (Å²) in [7, 11) is 0. The van der Waals surface area contributed by atoms with E-state index in [-0.39, 0.29) is 6.04 Å². The number of hydrogen-bond acceptors (Lipinski definition) is 3. The van der Waals surface area contributed by atoms with E-state index >= 15 is 0 Å². The highest BCUT2D eigenvalue weighted by molar-refractivity contribution is 4.88. The molecule has 2 atom stereocenters. The molecule has 0 fully saturated rings. The van der Waals surface area contributed by atoms with Gasteiger partial charge in [0.15, 0.2) is 0 Å². The molecule has 13 heavy (non-hydrogen) atoms. The molecule has 0 aliphatic carbocycles. The third kappa shape index (κ3) is 6.56. The maximum atomic E-state index is 8.71. The van der Waals surface area contributed by atoms with E-state index in [1.54, 1.807) is 0 Å². The standard InChI is InChI=1S/C10H20N2O/c1-4-9(3)13-7-6-10(8-11)12-5-2/h9-10,12H,4-7H2,1-3H3. The van der Waals surface area contributed by atoms with Crippen molar-refractivity contribution >= 4 is 0 Å². The molecular weight excluding hydrogens is 164 g/mol. The van der Waals surface area contributed by atoms with Crippen LogP contribution >= 0.6 is 0 Å². The second-order valence-corrected chi connectivity index (χ2v) is 3.12. The van der Waals surface area contributed by atoms with Gasteiger partial charge in [-0.15, -0.1) is 0 Å². The molecule has 0 heterocycles. The van der Waals surface area contributed by atoms with E-state index < -0.39 is 0 Å². The van der Waals surface area contributed by atoms with E-state index in [2.05, 4.69) is 25.2 Å². The zero-order valence-electron chi connectivity index (χ0n) is 8.84. The van der Waals surface area contributed by atoms with Gasteiger partial charge >= 0.3 is 0 Å². The Bertz CT molecular complexity index is 153. The summed E-state index contributed by atoms with van der Waals surface area (Å²) in [5.41, 5.74) is 0. The van der Waals surface area contributed by atoms with E-state index in [0.29, 0.717) is 12.7 Å². The molecule has 0 bridgehead atoms. The van der Waals surface area contributed by atoms with E-state index in [1.165, 1.54) is 0 Å². The Morgan fingerprint density at radius 3 is 2.62 bits per heavy atom. The Balaban J connectivity index is 3.44. The molecule has 76 valence electrons. The Kier molecular flexibility index (Phi) is 7.66. The largest absolute Gasteiger partial charge is 0.378 e. The molecule has 0 spiro atoms. The minimum absolute atomic E-state index is 0.0611. The van der Waals surface area contributed by atoms with Crippen LogP contribution in [0, 0.1) is 11.3 Å². The van der Waals surface area contributed by atoms with Crippen LogP contribution in [0.4, 0.5) is 0 Å². The summed E-state index contributed by atoms with van der Waals surface area (Å²) >= 11 is 0. The van der Waals surface area contributed by atoms with Crippen LogP contribution in [-0.4, -0.2) is 25.3 Å². The van der Waals surface area contributed by atoms with Gasteiger partial charge in [-0.1, -0.05) is 13.8 Å². The molecule has 0 aromatic heterocycles. The van der Waals surface area contributed by atoms with Gasteiger partial charge in [0.2, 0.25) is 0 Å². The average Bonchev–Trinajstić information content (AvgIpc) is 2.16. The zero-order chi connectivity index (χ0) is 10.1. The van der Waals surface area contributed by atoms with Crippen LogP contribution in [0.5, 0.6) is 0 Å². The van der Waals surface area contributed by atoms with Crippen molar-refractivity contribution in [3.8, 4) is 6.07 Å². The maximum Gasteiger partial charge on any atom is 0.0974 e. The van der Waals surface area contributed by atoms with E-state index in [0.717, 1.165) is 19.4 Å². The Hall–Kier alpha value is -0.590. The number of nitriles is 1. The fourth-order valence-corrected chi connectivity index (χ4v) is 0.964. The van der Waals surface area contributed by atoms with Gasteiger partial charge in [-0.2, -0.15) is 5.26 Å². The van der Waals surface area contributed by atoms with Gasteiger partial charge in [0.05, 0.1) is 18.2 Å². The lowest BCUT2D eigenvalue weighted by atomic mass is 10.2. The molecule has 3 nitrogen and oxygen atoms in total. The fraction of sp³-hybridized carbons (Fsp3) is 0.900. The minimum atomic E-state index is -0.0611. The summed E-state index contributed by atoms with van der Waals surface area (Å²) in [6.07, 6.45) is 2.11. The van der Waals surface area contributed by atoms with Crippen LogP contribution in [0.3, 0.4) is 0 Å². The Labute approximate surface area is 81.1 Å². The molecule has 0 saturated carbocycles. The monoisotopic (exact) mass is 184 g/mol. The Morgan fingerprint density at radius 2 is 2.15 bits per heavy atom. The second kappa shape index (κ2) is 8.03. The molecule has 1 N–H and O–H groups in total. The highest BCUT2D eigenvalue weighted by atomic mass is 16.5. The van der Waals surface area contributed by atoms with E-state index in [1.807, 2.05) is 6.92 Å². The van der Waals surface area contributed by atoms with E-state index in [4.69, 9.17) is 10.00 Å². The molecule has 0 aliphatic rings. The molecule has 0 aromatic rings. The highest BCUT2D eigenvalue weighted by Gasteiger charge is 2.05. The first-order chi connectivity index (χ1) is 6.24. The van der Waals surface area contributed by atoms with Crippen LogP contribution in [0.2, 0.25) is 0 Å². The van der Waals surface area contributed by atoms with Gasteiger partial charge in [0.25, 0.3) is 0 Å². The zero-order valence-corrected chi connectivity index (χ0v) is 8.84. The lowest BCUT2D eigenvalue weighted by molar-refractivity contribution is 0.0596. The third-order valence-electron chi connectivity index (χ3n) is 1.99. The van der Waals surface area contributed by atoms with Crippen molar-refractivity contribution in [2.24, 2.45) is 0 Å². The van der Waals surface area contributed by atoms with E-state index in [9.17, 15) is 0 Å². The van der Waals surface area contributed by atoms with Crippen LogP contribution in [0.1, 0.15) is 33.6 Å². The SMILES string of the molecule is CCNC(C#N)CCOC(C)CC. The average molecular weight is 184 g/mol. The first-order valence-electron chi connectivity index (χ1n) is 4.99. The first-order valence-corrected chi connectivity index (χ1v) is 4.99. The highest BCUT2D eigenvalue weighted by Crippen LogP contribution is 1.98. The smallest absolute Gasteiger partial charge is 0.0974 e. The molecular formula is C10H20N2O. The van der Waals surface area contributed by atoms with Crippen molar-refractivity contribution in [1.29, 1.82) is 5.26 Å². The molecule has 0 aliphatic heterocycles. The molecule has 0 aromatic carbocycles. The quantitative estimate of drug-likeness (QED) is 0.655. The second-order valence-electron chi connectivity index (χ2n) is 3.12. The number of hydrogen-bond donors (Lipinski definition) is 1. The third-order valence-corrected chi connectivity index (χ3v) is 1.99. The van der Waals surface area contributed by atoms with Crippen LogP contribution in [-0.2, 0) is 4.74 Å². The van der Waals surface area contributed by atoms with Crippen molar-refractivity contribution in [3.05, 3.63) is 0 Å². The summed E-state index contributed by atoms with van der Waals surface area (Å²) in [4.78, 5) is 0. The van der Waals surface area contributed by atoms with Gasteiger partial charge in [0, 0.05) is 6.61 Å². The predicted octanol–water partition coefficient (Wildman–Crippen LogP) is 1.69. The summed E-state index contributed by atoms with van der Waals surface area (Å²) in [6, 6.07) is 2.14. The molecule has 0 rings (SSSR count). The molecule has 3 heteroatoms.